The van der Waals surface area contributed by atoms with Crippen LogP contribution in [0.3, 0.4) is 0 Å². The van der Waals surface area contributed by atoms with Gasteiger partial charge in [-0.05, 0) is 56.3 Å². The molecule has 0 aromatic heterocycles. The molecule has 4 aliphatic carbocycles. The highest BCUT2D eigenvalue weighted by atomic mass is 16.5. The van der Waals surface area contributed by atoms with Crippen molar-refractivity contribution in [2.45, 2.75) is 71.1 Å². The van der Waals surface area contributed by atoms with Crippen LogP contribution >= 0.6 is 0 Å². The van der Waals surface area contributed by atoms with Crippen LogP contribution in [-0.4, -0.2) is 54.0 Å². The predicted molar refractivity (Wildman–Crippen MR) is 112 cm³/mol. The molecule has 2 saturated heterocycles. The minimum Gasteiger partial charge on any atom is -0.469 e. The second kappa shape index (κ2) is 6.13. The molecule has 1 spiro atoms. The topological polar surface area (TPSA) is 76.1 Å². The molecule has 2 heterocycles. The van der Waals surface area contributed by atoms with Gasteiger partial charge in [0.25, 0.3) is 0 Å². The number of carbonyl (C=O) groups excluding carboxylic acids is 2. The van der Waals surface area contributed by atoms with Crippen molar-refractivity contribution in [3.63, 3.8) is 0 Å². The zero-order chi connectivity index (χ0) is 21.9. The van der Waals surface area contributed by atoms with E-state index in [9.17, 15) is 14.7 Å². The zero-order valence-corrected chi connectivity index (χ0v) is 19.1. The second-order valence-electron chi connectivity index (χ2n) is 11.5. The van der Waals surface area contributed by atoms with E-state index in [-0.39, 0.29) is 41.2 Å². The molecule has 6 heteroatoms. The van der Waals surface area contributed by atoms with E-state index in [2.05, 4.69) is 18.7 Å². The Morgan fingerprint density at radius 3 is 2.65 bits per heavy atom. The van der Waals surface area contributed by atoms with Crippen LogP contribution in [-0.2, 0) is 19.1 Å². The molecule has 0 radical (unpaired) electrons. The van der Waals surface area contributed by atoms with Gasteiger partial charge >= 0.3 is 11.9 Å². The highest BCUT2D eigenvalue weighted by Crippen LogP contribution is 2.79. The van der Waals surface area contributed by atoms with Gasteiger partial charge in [0.15, 0.2) is 0 Å². The van der Waals surface area contributed by atoms with Crippen molar-refractivity contribution in [1.82, 2.24) is 4.90 Å². The lowest BCUT2D eigenvalue weighted by Gasteiger charge is -2.70. The van der Waals surface area contributed by atoms with Crippen molar-refractivity contribution in [1.29, 1.82) is 0 Å². The summed E-state index contributed by atoms with van der Waals surface area (Å²) in [5, 5.41) is 12.8. The molecule has 6 nitrogen and oxygen atoms in total. The largest absolute Gasteiger partial charge is 0.469 e. The molecule has 9 atom stereocenters. The summed E-state index contributed by atoms with van der Waals surface area (Å²) >= 11 is 0. The Balaban J connectivity index is 1.65. The van der Waals surface area contributed by atoms with Crippen molar-refractivity contribution < 1.29 is 24.2 Å². The predicted octanol–water partition coefficient (Wildman–Crippen LogP) is 2.89. The maximum atomic E-state index is 13.0. The third-order valence-electron chi connectivity index (χ3n) is 10.8. The van der Waals surface area contributed by atoms with Crippen LogP contribution in [0.1, 0.15) is 59.3 Å². The Bertz CT molecular complexity index is 898. The number of carbonyl (C=O) groups is 2. The molecule has 9 unspecified atom stereocenters. The Kier molecular flexibility index (Phi) is 4.00. The van der Waals surface area contributed by atoms with Crippen molar-refractivity contribution in [3.05, 3.63) is 11.1 Å². The smallest absolute Gasteiger partial charge is 0.309 e. The number of ether oxygens (including phenoxy) is 2. The molecule has 4 fully saturated rings. The molecule has 1 N–H and O–H groups in total. The third kappa shape index (κ3) is 2.04. The molecule has 4 bridgehead atoms. The van der Waals surface area contributed by atoms with E-state index in [1.165, 1.54) is 25.2 Å². The first-order chi connectivity index (χ1) is 14.7. The summed E-state index contributed by atoms with van der Waals surface area (Å²) in [6.45, 7) is 7.75. The molecule has 2 aliphatic heterocycles. The molecule has 6 rings (SSSR count). The van der Waals surface area contributed by atoms with Crippen LogP contribution in [0.5, 0.6) is 0 Å². The van der Waals surface area contributed by atoms with Gasteiger partial charge in [0, 0.05) is 36.8 Å². The summed E-state index contributed by atoms with van der Waals surface area (Å²) in [7, 11) is 1.48. The van der Waals surface area contributed by atoms with Gasteiger partial charge in [-0.15, -0.1) is 0 Å². The number of esters is 2. The first-order valence-corrected chi connectivity index (χ1v) is 12.1. The average molecular weight is 430 g/mol. The van der Waals surface area contributed by atoms with Crippen molar-refractivity contribution in [3.8, 4) is 0 Å². The summed E-state index contributed by atoms with van der Waals surface area (Å²) in [6, 6.07) is 0. The number of piperidine rings is 1. The van der Waals surface area contributed by atoms with Gasteiger partial charge < -0.3 is 14.6 Å². The van der Waals surface area contributed by atoms with E-state index in [0.717, 1.165) is 38.8 Å². The Morgan fingerprint density at radius 1 is 1.19 bits per heavy atom. The summed E-state index contributed by atoms with van der Waals surface area (Å²) in [4.78, 5) is 27.6. The number of nitrogens with zero attached hydrogens (tertiary/aromatic N) is 1. The number of hydrogen-bond acceptors (Lipinski definition) is 6. The van der Waals surface area contributed by atoms with E-state index in [1.807, 2.05) is 0 Å². The van der Waals surface area contributed by atoms with Crippen LogP contribution in [0.2, 0.25) is 0 Å². The number of allylic oxidation sites excluding steroid dienone is 1. The van der Waals surface area contributed by atoms with Crippen LogP contribution in [0.25, 0.3) is 0 Å². The standard InChI is InChI=1S/C25H35NO5/c1-13-11-26-12-16-7-5-15-6-8-17-18(22(28)30-4)10-24(21(15)17)23(16,3)20(31-14(2)27)9-19(13)25(24,26)29/h13,16-20,29H,5-12H2,1-4H3. The molecule has 0 aromatic carbocycles. The Hall–Kier alpha value is -1.40. The molecule has 0 aromatic rings. The highest BCUT2D eigenvalue weighted by molar-refractivity contribution is 5.75. The number of aliphatic hydroxyl groups is 1. The average Bonchev–Trinajstić information content (AvgIpc) is 3.34. The quantitative estimate of drug-likeness (QED) is 0.537. The van der Waals surface area contributed by atoms with Gasteiger partial charge in [0.2, 0.25) is 0 Å². The fourth-order valence-corrected chi connectivity index (χ4v) is 9.76. The van der Waals surface area contributed by atoms with E-state index in [4.69, 9.17) is 9.47 Å². The van der Waals surface area contributed by atoms with E-state index >= 15 is 0 Å². The summed E-state index contributed by atoms with van der Waals surface area (Å²) < 4.78 is 11.4. The first-order valence-electron chi connectivity index (χ1n) is 12.1. The lowest BCUT2D eigenvalue weighted by molar-refractivity contribution is -0.321. The first kappa shape index (κ1) is 20.2. The van der Waals surface area contributed by atoms with Crippen LogP contribution < -0.4 is 0 Å². The van der Waals surface area contributed by atoms with E-state index < -0.39 is 11.1 Å². The molecule has 31 heavy (non-hydrogen) atoms. The van der Waals surface area contributed by atoms with Gasteiger partial charge in [-0.3, -0.25) is 14.5 Å². The zero-order valence-electron chi connectivity index (χ0n) is 19.1. The van der Waals surface area contributed by atoms with E-state index in [1.54, 1.807) is 0 Å². The lowest BCUT2D eigenvalue weighted by atomic mass is 9.41. The van der Waals surface area contributed by atoms with Crippen molar-refractivity contribution in [2.75, 3.05) is 20.2 Å². The molecule has 6 aliphatic rings. The molecular formula is C25H35NO5. The highest BCUT2D eigenvalue weighted by Gasteiger charge is 2.83. The summed E-state index contributed by atoms with van der Waals surface area (Å²) in [5.41, 5.74) is 0.915. The molecule has 170 valence electrons. The Morgan fingerprint density at radius 2 is 1.94 bits per heavy atom. The van der Waals surface area contributed by atoms with Crippen molar-refractivity contribution >= 4 is 11.9 Å². The summed E-state index contributed by atoms with van der Waals surface area (Å²) in [5.74, 6) is 0.236. The normalized spacial score (nSPS) is 52.0. The third-order valence-corrected chi connectivity index (χ3v) is 10.8. The number of methoxy groups -OCH3 is 1. The minimum absolute atomic E-state index is 0.0374. The maximum absolute atomic E-state index is 13.0. The van der Waals surface area contributed by atoms with Crippen LogP contribution in [0, 0.1) is 40.4 Å². The monoisotopic (exact) mass is 429 g/mol. The van der Waals surface area contributed by atoms with Crippen LogP contribution in [0.15, 0.2) is 11.1 Å². The Labute approximate surface area is 184 Å². The number of rotatable bonds is 2. The lowest BCUT2D eigenvalue weighted by Crippen LogP contribution is -2.77. The van der Waals surface area contributed by atoms with Gasteiger partial charge in [0.1, 0.15) is 11.8 Å². The van der Waals surface area contributed by atoms with Crippen LogP contribution in [0.4, 0.5) is 0 Å². The number of hydrogen-bond donors (Lipinski definition) is 1. The van der Waals surface area contributed by atoms with E-state index in [0.29, 0.717) is 24.7 Å². The summed E-state index contributed by atoms with van der Waals surface area (Å²) in [6.07, 6.45) is 5.19. The second-order valence-corrected chi connectivity index (χ2v) is 11.5. The SMILES string of the molecule is COC(=O)C1CC23C4=C(CCC41)CCC1CN4CC(C)C(CC(OC(C)=O)C12C)C43O. The van der Waals surface area contributed by atoms with Gasteiger partial charge in [0.05, 0.1) is 13.0 Å². The van der Waals surface area contributed by atoms with Gasteiger partial charge in [-0.25, -0.2) is 0 Å². The molecule has 2 saturated carbocycles. The van der Waals surface area contributed by atoms with Crippen molar-refractivity contribution in [2.24, 2.45) is 40.4 Å². The fourth-order valence-electron chi connectivity index (χ4n) is 9.76. The maximum Gasteiger partial charge on any atom is 0.309 e. The molecular weight excluding hydrogens is 394 g/mol. The molecule has 0 amide bonds. The fraction of sp³-hybridized carbons (Fsp3) is 0.840. The van der Waals surface area contributed by atoms with Gasteiger partial charge in [-0.2, -0.15) is 0 Å². The minimum atomic E-state index is -0.982. The van der Waals surface area contributed by atoms with Gasteiger partial charge in [-0.1, -0.05) is 25.0 Å².